The number of rotatable bonds is 8. The van der Waals surface area contributed by atoms with Crippen molar-refractivity contribution >= 4 is 17.6 Å². The van der Waals surface area contributed by atoms with Gasteiger partial charge in [0, 0.05) is 38.2 Å². The number of nitrogens with one attached hydrogen (secondary N) is 2. The van der Waals surface area contributed by atoms with Crippen LogP contribution in [0.1, 0.15) is 39.0 Å². The summed E-state index contributed by atoms with van der Waals surface area (Å²) < 4.78 is 16.0. The summed E-state index contributed by atoms with van der Waals surface area (Å²) in [5.41, 5.74) is 0.608. The Labute approximate surface area is 166 Å². The van der Waals surface area contributed by atoms with Crippen LogP contribution in [0, 0.1) is 0 Å². The lowest BCUT2D eigenvalue weighted by Gasteiger charge is -2.25. The van der Waals surface area contributed by atoms with Gasteiger partial charge in [-0.2, -0.15) is 0 Å². The fraction of sp³-hybridized carbons (Fsp3) is 0.600. The number of urea groups is 1. The summed E-state index contributed by atoms with van der Waals surface area (Å²) in [5, 5.41) is 5.84. The predicted octanol–water partition coefficient (Wildman–Crippen LogP) is 2.70. The third-order valence-corrected chi connectivity index (χ3v) is 4.90. The smallest absolute Gasteiger partial charge is 0.315 e. The molecule has 156 valence electrons. The Kier molecular flexibility index (Phi) is 8.22. The quantitative estimate of drug-likeness (QED) is 0.709. The molecular formula is C20H31N3O5. The van der Waals surface area contributed by atoms with Crippen LogP contribution in [-0.2, 0) is 4.79 Å². The Morgan fingerprint density at radius 3 is 2.14 bits per heavy atom. The molecule has 2 N–H and O–H groups in total. The fourth-order valence-corrected chi connectivity index (χ4v) is 3.46. The van der Waals surface area contributed by atoms with Crippen molar-refractivity contribution in [2.75, 3.05) is 39.3 Å². The van der Waals surface area contributed by atoms with E-state index in [2.05, 4.69) is 10.6 Å². The van der Waals surface area contributed by atoms with Gasteiger partial charge in [-0.15, -0.1) is 0 Å². The number of benzene rings is 1. The molecule has 1 aliphatic rings. The first-order valence-electron chi connectivity index (χ1n) is 9.62. The largest absolute Gasteiger partial charge is 0.493 e. The van der Waals surface area contributed by atoms with E-state index in [4.69, 9.17) is 14.2 Å². The second-order valence-corrected chi connectivity index (χ2v) is 6.79. The molecule has 3 amide bonds. The highest BCUT2D eigenvalue weighted by molar-refractivity contribution is 5.92. The molecule has 0 radical (unpaired) electrons. The minimum atomic E-state index is -0.194. The second kappa shape index (κ2) is 10.6. The molecule has 0 bridgehead atoms. The summed E-state index contributed by atoms with van der Waals surface area (Å²) in [6.45, 7) is 2.13. The number of carbonyl (C=O) groups excluding carboxylic acids is 2. The van der Waals surface area contributed by atoms with Crippen molar-refractivity contribution in [3.8, 4) is 17.2 Å². The molecule has 0 unspecified atom stereocenters. The van der Waals surface area contributed by atoms with Gasteiger partial charge in [0.15, 0.2) is 11.5 Å². The maximum atomic E-state index is 12.2. The number of amides is 3. The summed E-state index contributed by atoms with van der Waals surface area (Å²) >= 11 is 0. The van der Waals surface area contributed by atoms with Crippen LogP contribution in [0.4, 0.5) is 10.5 Å². The van der Waals surface area contributed by atoms with Crippen molar-refractivity contribution in [2.45, 2.75) is 45.1 Å². The minimum absolute atomic E-state index is 0.149. The highest BCUT2D eigenvalue weighted by Gasteiger charge is 2.20. The molecular weight excluding hydrogens is 362 g/mol. The van der Waals surface area contributed by atoms with Crippen molar-refractivity contribution in [3.05, 3.63) is 12.1 Å². The van der Waals surface area contributed by atoms with Gasteiger partial charge in [-0.05, 0) is 12.8 Å². The van der Waals surface area contributed by atoms with Gasteiger partial charge in [-0.3, -0.25) is 4.79 Å². The first-order valence-corrected chi connectivity index (χ1v) is 9.62. The van der Waals surface area contributed by atoms with Gasteiger partial charge < -0.3 is 29.7 Å². The fourth-order valence-electron chi connectivity index (χ4n) is 3.46. The van der Waals surface area contributed by atoms with Crippen LogP contribution >= 0.6 is 0 Å². The van der Waals surface area contributed by atoms with E-state index < -0.39 is 0 Å². The summed E-state index contributed by atoms with van der Waals surface area (Å²) in [5.74, 6) is 1.24. The van der Waals surface area contributed by atoms with E-state index in [1.54, 1.807) is 17.0 Å². The normalized spacial score (nSPS) is 14.1. The summed E-state index contributed by atoms with van der Waals surface area (Å²) in [6.07, 6.45) is 5.60. The zero-order valence-corrected chi connectivity index (χ0v) is 17.2. The average Bonchev–Trinajstić information content (AvgIpc) is 2.70. The van der Waals surface area contributed by atoms with Crippen LogP contribution in [-0.4, -0.2) is 52.4 Å². The van der Waals surface area contributed by atoms with Crippen LogP contribution < -0.4 is 29.7 Å². The van der Waals surface area contributed by atoms with Crippen LogP contribution in [0.25, 0.3) is 0 Å². The molecule has 28 heavy (non-hydrogen) atoms. The second-order valence-electron chi connectivity index (χ2n) is 6.79. The Hall–Kier alpha value is -2.64. The highest BCUT2D eigenvalue weighted by atomic mass is 16.5. The van der Waals surface area contributed by atoms with Gasteiger partial charge in [-0.25, -0.2) is 4.79 Å². The first-order chi connectivity index (χ1) is 13.5. The topological polar surface area (TPSA) is 89.1 Å². The van der Waals surface area contributed by atoms with Gasteiger partial charge in [0.1, 0.15) is 0 Å². The van der Waals surface area contributed by atoms with Gasteiger partial charge in [0.25, 0.3) is 0 Å². The number of anilines is 1. The summed E-state index contributed by atoms with van der Waals surface area (Å²) in [6, 6.07) is 3.48. The molecule has 0 heterocycles. The number of carbonyl (C=O) groups is 2. The lowest BCUT2D eigenvalue weighted by Crippen LogP contribution is -2.45. The van der Waals surface area contributed by atoms with Crippen molar-refractivity contribution < 1.29 is 23.8 Å². The van der Waals surface area contributed by atoms with Crippen LogP contribution in [0.2, 0.25) is 0 Å². The third kappa shape index (κ3) is 5.68. The standard InChI is InChI=1S/C20H31N3O5/c1-14(24)23(11-10-21-20(25)22-15-8-6-5-7-9-15)16-12-17(26-2)19(28-4)18(13-16)27-3/h12-13,15H,5-11H2,1-4H3,(H2,21,22,25). The maximum Gasteiger partial charge on any atom is 0.315 e. The summed E-state index contributed by atoms with van der Waals surface area (Å²) in [7, 11) is 4.57. The number of hydrogen-bond acceptors (Lipinski definition) is 5. The molecule has 1 saturated carbocycles. The predicted molar refractivity (Wildman–Crippen MR) is 108 cm³/mol. The molecule has 1 fully saturated rings. The van der Waals surface area contributed by atoms with Gasteiger partial charge in [0.05, 0.1) is 27.0 Å². The molecule has 0 spiro atoms. The number of methoxy groups -OCH3 is 3. The SMILES string of the molecule is COc1cc(N(CCNC(=O)NC2CCCCC2)C(C)=O)cc(OC)c1OC. The van der Waals surface area contributed by atoms with E-state index in [0.717, 1.165) is 25.7 Å². The monoisotopic (exact) mass is 393 g/mol. The molecule has 1 aromatic rings. The van der Waals surface area contributed by atoms with E-state index in [-0.39, 0.29) is 18.0 Å². The van der Waals surface area contributed by atoms with Crippen LogP contribution in [0.15, 0.2) is 12.1 Å². The van der Waals surface area contributed by atoms with Crippen LogP contribution in [0.5, 0.6) is 17.2 Å². The highest BCUT2D eigenvalue weighted by Crippen LogP contribution is 2.41. The summed E-state index contributed by atoms with van der Waals surface area (Å²) in [4.78, 5) is 25.8. The Morgan fingerprint density at radius 2 is 1.64 bits per heavy atom. The molecule has 8 heteroatoms. The van der Waals surface area contributed by atoms with Gasteiger partial charge in [-0.1, -0.05) is 19.3 Å². The van der Waals surface area contributed by atoms with Gasteiger partial charge in [0.2, 0.25) is 11.7 Å². The van der Waals surface area contributed by atoms with Crippen LogP contribution in [0.3, 0.4) is 0 Å². The van der Waals surface area contributed by atoms with E-state index in [0.29, 0.717) is 36.0 Å². The van der Waals surface area contributed by atoms with Crippen molar-refractivity contribution in [3.63, 3.8) is 0 Å². The number of ether oxygens (including phenoxy) is 3. The van der Waals surface area contributed by atoms with E-state index in [1.807, 2.05) is 0 Å². The average molecular weight is 393 g/mol. The van der Waals surface area contributed by atoms with E-state index >= 15 is 0 Å². The molecule has 1 aromatic carbocycles. The first kappa shape index (κ1) is 21.7. The molecule has 8 nitrogen and oxygen atoms in total. The Balaban J connectivity index is 2.01. The molecule has 0 aliphatic heterocycles. The molecule has 0 aromatic heterocycles. The number of hydrogen-bond donors (Lipinski definition) is 2. The zero-order valence-electron chi connectivity index (χ0n) is 17.2. The number of nitrogens with zero attached hydrogens (tertiary/aromatic N) is 1. The Bertz CT molecular complexity index is 649. The van der Waals surface area contributed by atoms with Gasteiger partial charge >= 0.3 is 6.03 Å². The molecule has 0 saturated heterocycles. The minimum Gasteiger partial charge on any atom is -0.493 e. The molecule has 1 aliphatic carbocycles. The Morgan fingerprint density at radius 1 is 1.04 bits per heavy atom. The maximum absolute atomic E-state index is 12.2. The van der Waals surface area contributed by atoms with Crippen molar-refractivity contribution in [1.29, 1.82) is 0 Å². The van der Waals surface area contributed by atoms with Crippen molar-refractivity contribution in [2.24, 2.45) is 0 Å². The molecule has 0 atom stereocenters. The van der Waals surface area contributed by atoms with E-state index in [1.165, 1.54) is 34.7 Å². The zero-order chi connectivity index (χ0) is 20.5. The third-order valence-electron chi connectivity index (χ3n) is 4.90. The van der Waals surface area contributed by atoms with Crippen molar-refractivity contribution in [1.82, 2.24) is 10.6 Å². The lowest BCUT2D eigenvalue weighted by atomic mass is 9.96. The molecule has 2 rings (SSSR count). The van der Waals surface area contributed by atoms with E-state index in [9.17, 15) is 9.59 Å². The lowest BCUT2D eigenvalue weighted by molar-refractivity contribution is -0.116.